The van der Waals surface area contributed by atoms with E-state index in [-0.39, 0.29) is 37.2 Å². The van der Waals surface area contributed by atoms with Crippen molar-refractivity contribution in [3.8, 4) is 11.5 Å². The first-order valence-corrected chi connectivity index (χ1v) is 9.80. The fourth-order valence-electron chi connectivity index (χ4n) is 3.08. The predicted octanol–water partition coefficient (Wildman–Crippen LogP) is 4.11. The minimum atomic E-state index is -4.49. The number of rotatable bonds is 9. The molecule has 1 saturated carbocycles. The van der Waals surface area contributed by atoms with Crippen LogP contribution in [-0.2, 0) is 15.8 Å². The van der Waals surface area contributed by atoms with Crippen molar-refractivity contribution < 1.29 is 32.2 Å². The topological polar surface area (TPSA) is 67.9 Å². The van der Waals surface area contributed by atoms with Gasteiger partial charge in [-0.3, -0.25) is 9.59 Å². The highest BCUT2D eigenvalue weighted by atomic mass is 19.4. The van der Waals surface area contributed by atoms with Crippen LogP contribution in [0.2, 0.25) is 0 Å². The number of alkyl halides is 3. The number of benzene rings is 2. The molecule has 166 valence electrons. The van der Waals surface area contributed by atoms with Gasteiger partial charge in [0.05, 0.1) is 12.7 Å². The number of anilines is 1. The summed E-state index contributed by atoms with van der Waals surface area (Å²) in [6, 6.07) is 11.4. The van der Waals surface area contributed by atoms with E-state index in [1.165, 1.54) is 19.2 Å². The van der Waals surface area contributed by atoms with Gasteiger partial charge in [-0.1, -0.05) is 18.2 Å². The number of nitrogens with zero attached hydrogens (tertiary/aromatic N) is 1. The molecule has 31 heavy (non-hydrogen) atoms. The number of halogens is 3. The third-order valence-electron chi connectivity index (χ3n) is 4.78. The van der Waals surface area contributed by atoms with Crippen LogP contribution in [0.4, 0.5) is 18.9 Å². The molecule has 0 heterocycles. The van der Waals surface area contributed by atoms with Crippen LogP contribution in [-0.4, -0.2) is 43.0 Å². The van der Waals surface area contributed by atoms with Gasteiger partial charge >= 0.3 is 6.18 Å². The van der Waals surface area contributed by atoms with Crippen LogP contribution >= 0.6 is 0 Å². The summed E-state index contributed by atoms with van der Waals surface area (Å²) in [7, 11) is 1.50. The van der Waals surface area contributed by atoms with Gasteiger partial charge in [-0.2, -0.15) is 13.2 Å². The molecule has 1 aliphatic rings. The van der Waals surface area contributed by atoms with E-state index in [0.29, 0.717) is 11.5 Å². The van der Waals surface area contributed by atoms with Crippen molar-refractivity contribution in [2.45, 2.75) is 31.5 Å². The lowest BCUT2D eigenvalue weighted by atomic mass is 10.2. The summed E-state index contributed by atoms with van der Waals surface area (Å²) in [5.74, 6) is 0.216. The Morgan fingerprint density at radius 1 is 1.10 bits per heavy atom. The standard InChI is InChI=1S/C22H23F3N2O4/c1-30-18-7-2-3-8-19(18)31-14-21(29)27(17-9-10-17)12-11-20(28)26-16-6-4-5-15(13-16)22(23,24)25/h2-8,13,17H,9-12,14H2,1H3,(H,26,28). The molecule has 2 aromatic rings. The average Bonchev–Trinajstić information content (AvgIpc) is 3.57. The minimum absolute atomic E-state index is 0.0346. The van der Waals surface area contributed by atoms with Gasteiger partial charge in [0.15, 0.2) is 18.1 Å². The van der Waals surface area contributed by atoms with E-state index in [1.54, 1.807) is 29.2 Å². The second-order valence-corrected chi connectivity index (χ2v) is 7.13. The van der Waals surface area contributed by atoms with E-state index in [9.17, 15) is 22.8 Å². The summed E-state index contributed by atoms with van der Waals surface area (Å²) in [5, 5.41) is 2.46. The van der Waals surface area contributed by atoms with E-state index in [1.807, 2.05) is 0 Å². The van der Waals surface area contributed by atoms with Crippen LogP contribution in [0, 0.1) is 0 Å². The lowest BCUT2D eigenvalue weighted by Crippen LogP contribution is -2.38. The molecular formula is C22H23F3N2O4. The number of methoxy groups -OCH3 is 1. The van der Waals surface area contributed by atoms with Crippen molar-refractivity contribution in [2.75, 3.05) is 25.6 Å². The number of nitrogens with one attached hydrogen (secondary N) is 1. The molecule has 0 bridgehead atoms. The van der Waals surface area contributed by atoms with Gasteiger partial charge in [0.1, 0.15) is 0 Å². The molecule has 0 aromatic heterocycles. The quantitative estimate of drug-likeness (QED) is 0.642. The molecule has 0 spiro atoms. The third-order valence-corrected chi connectivity index (χ3v) is 4.78. The Hall–Kier alpha value is -3.23. The van der Waals surface area contributed by atoms with Gasteiger partial charge in [0.25, 0.3) is 5.91 Å². The zero-order valence-corrected chi connectivity index (χ0v) is 16.9. The second-order valence-electron chi connectivity index (χ2n) is 7.13. The summed E-state index contributed by atoms with van der Waals surface area (Å²) in [4.78, 5) is 26.4. The Labute approximate surface area is 177 Å². The van der Waals surface area contributed by atoms with Crippen molar-refractivity contribution in [3.05, 3.63) is 54.1 Å². The second kappa shape index (κ2) is 9.72. The molecular weight excluding hydrogens is 413 g/mol. The van der Waals surface area contributed by atoms with Gasteiger partial charge in [-0.25, -0.2) is 0 Å². The number of carbonyl (C=O) groups is 2. The molecule has 1 fully saturated rings. The van der Waals surface area contributed by atoms with Gasteiger partial charge in [0.2, 0.25) is 5.91 Å². The molecule has 6 nitrogen and oxygen atoms in total. The Morgan fingerprint density at radius 3 is 2.45 bits per heavy atom. The van der Waals surface area contributed by atoms with Gasteiger partial charge in [-0.15, -0.1) is 0 Å². The van der Waals surface area contributed by atoms with Crippen LogP contribution in [0.1, 0.15) is 24.8 Å². The van der Waals surface area contributed by atoms with Crippen molar-refractivity contribution in [2.24, 2.45) is 0 Å². The average molecular weight is 436 g/mol. The van der Waals surface area contributed by atoms with Crippen LogP contribution in [0.5, 0.6) is 11.5 Å². The van der Waals surface area contributed by atoms with E-state index in [0.717, 1.165) is 25.0 Å². The van der Waals surface area contributed by atoms with E-state index < -0.39 is 17.6 Å². The first kappa shape index (κ1) is 22.5. The zero-order chi connectivity index (χ0) is 22.4. The number of ether oxygens (including phenoxy) is 2. The molecule has 1 N–H and O–H groups in total. The zero-order valence-electron chi connectivity index (χ0n) is 16.9. The summed E-state index contributed by atoms with van der Waals surface area (Å²) in [6.07, 6.45) is -2.84. The SMILES string of the molecule is COc1ccccc1OCC(=O)N(CCC(=O)Nc1cccc(C(F)(F)F)c1)C1CC1. The normalized spacial score (nSPS) is 13.4. The highest BCUT2D eigenvalue weighted by Crippen LogP contribution is 2.31. The highest BCUT2D eigenvalue weighted by molar-refractivity contribution is 5.91. The molecule has 0 saturated heterocycles. The van der Waals surface area contributed by atoms with Gasteiger partial charge in [-0.05, 0) is 43.2 Å². The van der Waals surface area contributed by atoms with Gasteiger partial charge < -0.3 is 19.7 Å². The molecule has 0 aliphatic heterocycles. The lowest BCUT2D eigenvalue weighted by Gasteiger charge is -2.22. The van der Waals surface area contributed by atoms with Crippen molar-refractivity contribution >= 4 is 17.5 Å². The van der Waals surface area contributed by atoms with Crippen LogP contribution in [0.15, 0.2) is 48.5 Å². The first-order chi connectivity index (χ1) is 14.8. The van der Waals surface area contributed by atoms with Crippen LogP contribution in [0.25, 0.3) is 0 Å². The monoisotopic (exact) mass is 436 g/mol. The molecule has 3 rings (SSSR count). The Bertz CT molecular complexity index is 929. The lowest BCUT2D eigenvalue weighted by molar-refractivity contribution is -0.137. The molecule has 0 atom stereocenters. The summed E-state index contributed by atoms with van der Waals surface area (Å²) in [5.41, 5.74) is -0.780. The molecule has 0 radical (unpaired) electrons. The highest BCUT2D eigenvalue weighted by Gasteiger charge is 2.33. The molecule has 0 unspecified atom stereocenters. The number of hydrogen-bond acceptors (Lipinski definition) is 4. The van der Waals surface area contributed by atoms with Crippen LogP contribution < -0.4 is 14.8 Å². The minimum Gasteiger partial charge on any atom is -0.493 e. The number of carbonyl (C=O) groups excluding carboxylic acids is 2. The Balaban J connectivity index is 1.53. The summed E-state index contributed by atoms with van der Waals surface area (Å²) < 4.78 is 49.2. The van der Waals surface area contributed by atoms with Crippen molar-refractivity contribution in [3.63, 3.8) is 0 Å². The summed E-state index contributed by atoms with van der Waals surface area (Å²) >= 11 is 0. The maximum atomic E-state index is 12.8. The molecule has 2 aromatic carbocycles. The maximum Gasteiger partial charge on any atom is 0.416 e. The number of para-hydroxylation sites is 2. The van der Waals surface area contributed by atoms with E-state index in [4.69, 9.17) is 9.47 Å². The van der Waals surface area contributed by atoms with Crippen molar-refractivity contribution in [1.82, 2.24) is 4.90 Å². The predicted molar refractivity (Wildman–Crippen MR) is 108 cm³/mol. The fraction of sp³-hybridized carbons (Fsp3) is 0.364. The Morgan fingerprint density at radius 2 is 1.81 bits per heavy atom. The Kier molecular flexibility index (Phi) is 7.04. The number of hydrogen-bond donors (Lipinski definition) is 1. The first-order valence-electron chi connectivity index (χ1n) is 9.80. The maximum absolute atomic E-state index is 12.8. The summed E-state index contributed by atoms with van der Waals surface area (Å²) in [6.45, 7) is -0.0459. The molecule has 1 aliphatic carbocycles. The van der Waals surface area contributed by atoms with E-state index >= 15 is 0 Å². The van der Waals surface area contributed by atoms with Gasteiger partial charge in [0, 0.05) is 24.7 Å². The fourth-order valence-corrected chi connectivity index (χ4v) is 3.08. The molecule has 9 heteroatoms. The molecule has 2 amide bonds. The largest absolute Gasteiger partial charge is 0.493 e. The third kappa shape index (κ3) is 6.37. The van der Waals surface area contributed by atoms with Crippen molar-refractivity contribution in [1.29, 1.82) is 0 Å². The smallest absolute Gasteiger partial charge is 0.416 e. The number of amides is 2. The van der Waals surface area contributed by atoms with E-state index in [2.05, 4.69) is 5.32 Å². The van der Waals surface area contributed by atoms with Crippen LogP contribution in [0.3, 0.4) is 0 Å².